The fourth-order valence-corrected chi connectivity index (χ4v) is 3.58. The van der Waals surface area contributed by atoms with Crippen molar-refractivity contribution in [3.8, 4) is 0 Å². The van der Waals surface area contributed by atoms with E-state index in [4.69, 9.17) is 10.5 Å². The number of halogens is 1. The third kappa shape index (κ3) is 2.81. The van der Waals surface area contributed by atoms with Gasteiger partial charge in [0.2, 0.25) is 0 Å². The Morgan fingerprint density at radius 1 is 1.30 bits per heavy atom. The first-order chi connectivity index (χ1) is 9.52. The van der Waals surface area contributed by atoms with Crippen LogP contribution in [0.3, 0.4) is 0 Å². The van der Waals surface area contributed by atoms with Crippen molar-refractivity contribution in [1.29, 1.82) is 0 Å². The number of hydrogen-bond acceptors (Lipinski definition) is 3. The number of hydrogen-bond donors (Lipinski definition) is 1. The van der Waals surface area contributed by atoms with Crippen molar-refractivity contribution in [3.63, 3.8) is 0 Å². The molecule has 0 amide bonds. The van der Waals surface area contributed by atoms with Gasteiger partial charge in [0, 0.05) is 13.1 Å². The van der Waals surface area contributed by atoms with Gasteiger partial charge in [-0.1, -0.05) is 12.1 Å². The predicted molar refractivity (Wildman–Crippen MR) is 80.4 cm³/mol. The van der Waals surface area contributed by atoms with Crippen molar-refractivity contribution in [1.82, 2.24) is 0 Å². The Hall–Kier alpha value is -1.13. The van der Waals surface area contributed by atoms with Gasteiger partial charge < -0.3 is 15.4 Å². The highest BCUT2D eigenvalue weighted by Gasteiger charge is 2.42. The van der Waals surface area contributed by atoms with Crippen LogP contribution in [0.15, 0.2) is 24.3 Å². The lowest BCUT2D eigenvalue weighted by Crippen LogP contribution is -2.60. The maximum Gasteiger partial charge on any atom is 0.146 e. The van der Waals surface area contributed by atoms with Gasteiger partial charge >= 0.3 is 0 Å². The first-order valence-electron chi connectivity index (χ1n) is 7.40. The maximum absolute atomic E-state index is 14.2. The smallest absolute Gasteiger partial charge is 0.146 e. The van der Waals surface area contributed by atoms with Crippen LogP contribution in [-0.2, 0) is 4.74 Å². The largest absolute Gasteiger partial charge is 0.375 e. The molecular formula is C16H25FN2O. The molecule has 0 saturated carbocycles. The molecule has 1 saturated heterocycles. The van der Waals surface area contributed by atoms with Crippen LogP contribution in [0.2, 0.25) is 0 Å². The fraction of sp³-hybridized carbons (Fsp3) is 0.625. The molecule has 4 heteroatoms. The van der Waals surface area contributed by atoms with Crippen molar-refractivity contribution in [2.24, 2.45) is 5.73 Å². The molecule has 0 aliphatic carbocycles. The van der Waals surface area contributed by atoms with E-state index < -0.39 is 0 Å². The molecule has 20 heavy (non-hydrogen) atoms. The summed E-state index contributed by atoms with van der Waals surface area (Å²) in [6.07, 6.45) is 1.94. The van der Waals surface area contributed by atoms with E-state index in [1.807, 2.05) is 12.1 Å². The number of ether oxygens (including phenoxy) is 1. The Labute approximate surface area is 120 Å². The van der Waals surface area contributed by atoms with Gasteiger partial charge in [0.25, 0.3) is 0 Å². The number of likely N-dealkylation sites (N-methyl/N-ethyl adjacent to an activating group) is 1. The van der Waals surface area contributed by atoms with Crippen molar-refractivity contribution in [3.05, 3.63) is 30.1 Å². The molecule has 2 N–H and O–H groups in total. The molecule has 2 unspecified atom stereocenters. The number of para-hydroxylation sites is 1. The lowest BCUT2D eigenvalue weighted by molar-refractivity contribution is -0.0599. The van der Waals surface area contributed by atoms with E-state index in [-0.39, 0.29) is 23.6 Å². The third-order valence-electron chi connectivity index (χ3n) is 4.21. The standard InChI is InChI=1S/C16H25FN2O/c1-4-19(15-8-6-5-7-14(15)17)16(11-18)9-12(2)20-13(3)10-16/h5-8,12-13H,4,9-11,18H2,1-3H3. The predicted octanol–water partition coefficient (Wildman–Crippen LogP) is 2.94. The van der Waals surface area contributed by atoms with E-state index in [2.05, 4.69) is 25.7 Å². The van der Waals surface area contributed by atoms with Crippen molar-refractivity contribution in [2.75, 3.05) is 18.0 Å². The summed E-state index contributed by atoms with van der Waals surface area (Å²) >= 11 is 0. The summed E-state index contributed by atoms with van der Waals surface area (Å²) in [5.41, 5.74) is 6.52. The quantitative estimate of drug-likeness (QED) is 0.921. The molecule has 3 nitrogen and oxygen atoms in total. The molecule has 1 aromatic carbocycles. The normalized spacial score (nSPS) is 30.2. The summed E-state index contributed by atoms with van der Waals surface area (Å²) < 4.78 is 20.0. The second kappa shape index (κ2) is 6.10. The van der Waals surface area contributed by atoms with Crippen LogP contribution in [-0.4, -0.2) is 30.8 Å². The van der Waals surface area contributed by atoms with Gasteiger partial charge in [-0.3, -0.25) is 0 Å². The second-order valence-corrected chi connectivity index (χ2v) is 5.79. The van der Waals surface area contributed by atoms with Crippen LogP contribution >= 0.6 is 0 Å². The average molecular weight is 280 g/mol. The van der Waals surface area contributed by atoms with Gasteiger partial charge in [0.1, 0.15) is 5.82 Å². The highest BCUT2D eigenvalue weighted by atomic mass is 19.1. The fourth-order valence-electron chi connectivity index (χ4n) is 3.58. The zero-order valence-corrected chi connectivity index (χ0v) is 12.6. The highest BCUT2D eigenvalue weighted by Crippen LogP contribution is 2.37. The van der Waals surface area contributed by atoms with E-state index in [0.29, 0.717) is 12.2 Å². The number of nitrogens with two attached hydrogens (primary N) is 1. The van der Waals surface area contributed by atoms with Gasteiger partial charge in [-0.25, -0.2) is 4.39 Å². The average Bonchev–Trinajstić information content (AvgIpc) is 2.40. The van der Waals surface area contributed by atoms with Crippen molar-refractivity contribution in [2.45, 2.75) is 51.4 Å². The molecule has 2 rings (SSSR count). The summed E-state index contributed by atoms with van der Waals surface area (Å²) in [5, 5.41) is 0. The number of rotatable bonds is 4. The topological polar surface area (TPSA) is 38.5 Å². The van der Waals surface area contributed by atoms with Crippen LogP contribution in [0.5, 0.6) is 0 Å². The van der Waals surface area contributed by atoms with E-state index in [9.17, 15) is 4.39 Å². The Bertz CT molecular complexity index is 442. The van der Waals surface area contributed by atoms with E-state index in [1.165, 1.54) is 6.07 Å². The Morgan fingerprint density at radius 3 is 2.40 bits per heavy atom. The second-order valence-electron chi connectivity index (χ2n) is 5.79. The van der Waals surface area contributed by atoms with Crippen molar-refractivity contribution >= 4 is 5.69 Å². The minimum atomic E-state index is -0.228. The van der Waals surface area contributed by atoms with Gasteiger partial charge in [-0.05, 0) is 45.7 Å². The molecule has 112 valence electrons. The van der Waals surface area contributed by atoms with E-state index in [1.54, 1.807) is 6.07 Å². The zero-order chi connectivity index (χ0) is 14.8. The zero-order valence-electron chi connectivity index (χ0n) is 12.6. The Kier molecular flexibility index (Phi) is 4.66. The van der Waals surface area contributed by atoms with Gasteiger partial charge in [-0.15, -0.1) is 0 Å². The van der Waals surface area contributed by atoms with Gasteiger partial charge in [0.05, 0.1) is 23.4 Å². The SMILES string of the molecule is CCN(c1ccccc1F)C1(CN)CC(C)OC(C)C1. The van der Waals surface area contributed by atoms with Crippen LogP contribution in [0.1, 0.15) is 33.6 Å². The molecule has 1 aromatic rings. The number of benzene rings is 1. The van der Waals surface area contributed by atoms with Crippen LogP contribution in [0, 0.1) is 5.82 Å². The molecule has 0 spiro atoms. The summed E-state index contributed by atoms with van der Waals surface area (Å²) in [4.78, 5) is 2.12. The summed E-state index contributed by atoms with van der Waals surface area (Å²) in [5.74, 6) is -0.186. The molecule has 1 heterocycles. The van der Waals surface area contributed by atoms with E-state index >= 15 is 0 Å². The molecule has 2 atom stereocenters. The van der Waals surface area contributed by atoms with Crippen LogP contribution in [0.25, 0.3) is 0 Å². The molecule has 1 fully saturated rings. The van der Waals surface area contributed by atoms with Crippen LogP contribution in [0.4, 0.5) is 10.1 Å². The molecule has 0 radical (unpaired) electrons. The Morgan fingerprint density at radius 2 is 1.90 bits per heavy atom. The highest BCUT2D eigenvalue weighted by molar-refractivity contribution is 5.50. The lowest BCUT2D eigenvalue weighted by atomic mass is 9.82. The van der Waals surface area contributed by atoms with Crippen molar-refractivity contribution < 1.29 is 9.13 Å². The number of anilines is 1. The van der Waals surface area contributed by atoms with Gasteiger partial charge in [0.15, 0.2) is 0 Å². The number of nitrogens with zero attached hydrogens (tertiary/aromatic N) is 1. The van der Waals surface area contributed by atoms with Crippen LogP contribution < -0.4 is 10.6 Å². The lowest BCUT2D eigenvalue weighted by Gasteiger charge is -2.50. The summed E-state index contributed by atoms with van der Waals surface area (Å²) in [7, 11) is 0. The molecule has 0 aromatic heterocycles. The molecular weight excluding hydrogens is 255 g/mol. The summed E-state index contributed by atoms with van der Waals surface area (Å²) in [6.45, 7) is 7.42. The molecule has 1 aliphatic heterocycles. The third-order valence-corrected chi connectivity index (χ3v) is 4.21. The first-order valence-corrected chi connectivity index (χ1v) is 7.40. The summed E-state index contributed by atoms with van der Waals surface area (Å²) in [6, 6.07) is 6.93. The van der Waals surface area contributed by atoms with Gasteiger partial charge in [-0.2, -0.15) is 0 Å². The first kappa shape index (κ1) is 15.3. The van der Waals surface area contributed by atoms with E-state index in [0.717, 1.165) is 19.4 Å². The maximum atomic E-state index is 14.2. The minimum absolute atomic E-state index is 0.142. The monoisotopic (exact) mass is 280 g/mol. The molecule has 0 bridgehead atoms. The Balaban J connectivity index is 2.39. The molecule has 1 aliphatic rings. The minimum Gasteiger partial charge on any atom is -0.375 e.